The lowest BCUT2D eigenvalue weighted by Gasteiger charge is -2.08. The molecule has 5 heteroatoms. The summed E-state index contributed by atoms with van der Waals surface area (Å²) in [4.78, 5) is 23.4. The first-order valence-corrected chi connectivity index (χ1v) is 6.16. The fourth-order valence-corrected chi connectivity index (χ4v) is 1.95. The van der Waals surface area contributed by atoms with E-state index in [9.17, 15) is 14.7 Å². The maximum atomic E-state index is 11.7. The Hall–Kier alpha value is -2.82. The largest absolute Gasteiger partial charge is 0.508 e. The van der Waals surface area contributed by atoms with Crippen LogP contribution in [0.4, 0.5) is 0 Å². The van der Waals surface area contributed by atoms with Crippen molar-refractivity contribution in [1.82, 2.24) is 0 Å². The highest BCUT2D eigenvalue weighted by Crippen LogP contribution is 2.26. The third kappa shape index (κ3) is 3.20. The molecule has 0 aliphatic carbocycles. The van der Waals surface area contributed by atoms with Crippen molar-refractivity contribution in [2.75, 3.05) is 14.2 Å². The number of carbonyl (C=O) groups is 2. The number of hydrogen-bond acceptors (Lipinski definition) is 5. The van der Waals surface area contributed by atoms with Crippen LogP contribution in [0.5, 0.6) is 5.75 Å². The summed E-state index contributed by atoms with van der Waals surface area (Å²) in [6.07, 6.45) is 0. The van der Waals surface area contributed by atoms with E-state index in [0.29, 0.717) is 11.1 Å². The predicted molar refractivity (Wildman–Crippen MR) is 76.2 cm³/mol. The van der Waals surface area contributed by atoms with Crippen molar-refractivity contribution < 1.29 is 24.2 Å². The normalized spacial score (nSPS) is 10.0. The molecule has 0 spiro atoms. The fourth-order valence-electron chi connectivity index (χ4n) is 1.95. The highest BCUT2D eigenvalue weighted by Gasteiger charge is 2.14. The Morgan fingerprint density at radius 3 is 1.90 bits per heavy atom. The molecule has 0 amide bonds. The molecule has 0 bridgehead atoms. The molecular formula is C16H14O5. The van der Waals surface area contributed by atoms with E-state index < -0.39 is 11.9 Å². The van der Waals surface area contributed by atoms with Gasteiger partial charge in [-0.05, 0) is 41.5 Å². The lowest BCUT2D eigenvalue weighted by atomic mass is 9.99. The van der Waals surface area contributed by atoms with Gasteiger partial charge in [0.1, 0.15) is 5.75 Å². The standard InChI is InChI=1S/C16H14O5/c1-20-15(18)12-6-11(7-13(8-12)16(19)21-2)10-4-3-5-14(17)9-10/h3-9,17H,1-2H3. The van der Waals surface area contributed by atoms with Crippen molar-refractivity contribution in [1.29, 1.82) is 0 Å². The van der Waals surface area contributed by atoms with E-state index in [1.165, 1.54) is 32.4 Å². The van der Waals surface area contributed by atoms with Crippen molar-refractivity contribution in [3.63, 3.8) is 0 Å². The van der Waals surface area contributed by atoms with E-state index in [-0.39, 0.29) is 16.9 Å². The molecule has 0 heterocycles. The number of aromatic hydroxyl groups is 1. The molecule has 0 aromatic heterocycles. The highest BCUT2D eigenvalue weighted by atomic mass is 16.5. The van der Waals surface area contributed by atoms with Crippen LogP contribution in [0.1, 0.15) is 20.7 Å². The second-order valence-electron chi connectivity index (χ2n) is 4.33. The van der Waals surface area contributed by atoms with E-state index in [2.05, 4.69) is 9.47 Å². The number of phenolic OH excluding ortho intramolecular Hbond substituents is 1. The molecule has 0 radical (unpaired) electrons. The number of rotatable bonds is 3. The zero-order chi connectivity index (χ0) is 15.4. The molecular weight excluding hydrogens is 272 g/mol. The van der Waals surface area contributed by atoms with Gasteiger partial charge in [0.05, 0.1) is 25.3 Å². The summed E-state index contributed by atoms with van der Waals surface area (Å²) < 4.78 is 9.36. The number of phenols is 1. The van der Waals surface area contributed by atoms with Crippen LogP contribution in [-0.2, 0) is 9.47 Å². The first-order valence-electron chi connectivity index (χ1n) is 6.16. The molecule has 0 saturated heterocycles. The van der Waals surface area contributed by atoms with Crippen molar-refractivity contribution >= 4 is 11.9 Å². The molecule has 2 rings (SSSR count). The maximum absolute atomic E-state index is 11.7. The molecule has 2 aromatic rings. The van der Waals surface area contributed by atoms with E-state index in [4.69, 9.17) is 0 Å². The smallest absolute Gasteiger partial charge is 0.337 e. The molecule has 0 fully saturated rings. The van der Waals surface area contributed by atoms with Gasteiger partial charge in [-0.1, -0.05) is 12.1 Å². The summed E-state index contributed by atoms with van der Waals surface area (Å²) in [6.45, 7) is 0. The number of ether oxygens (including phenoxy) is 2. The van der Waals surface area contributed by atoms with Crippen molar-refractivity contribution in [3.8, 4) is 16.9 Å². The van der Waals surface area contributed by atoms with Gasteiger partial charge >= 0.3 is 11.9 Å². The Kier molecular flexibility index (Phi) is 4.23. The second-order valence-corrected chi connectivity index (χ2v) is 4.33. The minimum atomic E-state index is -0.554. The zero-order valence-electron chi connectivity index (χ0n) is 11.6. The SMILES string of the molecule is COC(=O)c1cc(C(=O)OC)cc(-c2cccc(O)c2)c1. The Bertz CT molecular complexity index is 657. The van der Waals surface area contributed by atoms with Gasteiger partial charge in [-0.25, -0.2) is 9.59 Å². The van der Waals surface area contributed by atoms with Gasteiger partial charge in [-0.3, -0.25) is 0 Å². The van der Waals surface area contributed by atoms with E-state index in [0.717, 1.165) is 0 Å². The molecule has 0 aliphatic heterocycles. The topological polar surface area (TPSA) is 72.8 Å². The van der Waals surface area contributed by atoms with Crippen LogP contribution in [0.25, 0.3) is 11.1 Å². The monoisotopic (exact) mass is 286 g/mol. The minimum Gasteiger partial charge on any atom is -0.508 e. The third-order valence-electron chi connectivity index (χ3n) is 2.95. The Balaban J connectivity index is 2.59. The van der Waals surface area contributed by atoms with Crippen LogP contribution in [0, 0.1) is 0 Å². The number of hydrogen-bond donors (Lipinski definition) is 1. The molecule has 108 valence electrons. The van der Waals surface area contributed by atoms with Crippen LogP contribution >= 0.6 is 0 Å². The molecule has 0 saturated carbocycles. The predicted octanol–water partition coefficient (Wildman–Crippen LogP) is 2.63. The van der Waals surface area contributed by atoms with Crippen LogP contribution in [0.2, 0.25) is 0 Å². The third-order valence-corrected chi connectivity index (χ3v) is 2.95. The Labute approximate surface area is 121 Å². The second kappa shape index (κ2) is 6.09. The summed E-state index contributed by atoms with van der Waals surface area (Å²) in [6, 6.07) is 11.1. The molecule has 1 N–H and O–H groups in total. The highest BCUT2D eigenvalue weighted by molar-refractivity contribution is 5.97. The van der Waals surface area contributed by atoms with Gasteiger partial charge in [0.15, 0.2) is 0 Å². The molecule has 5 nitrogen and oxygen atoms in total. The average Bonchev–Trinajstić information content (AvgIpc) is 2.52. The van der Waals surface area contributed by atoms with Gasteiger partial charge in [-0.2, -0.15) is 0 Å². The summed E-state index contributed by atoms with van der Waals surface area (Å²) in [5, 5.41) is 9.54. The van der Waals surface area contributed by atoms with Crippen molar-refractivity contribution in [2.24, 2.45) is 0 Å². The summed E-state index contributed by atoms with van der Waals surface area (Å²) in [5.41, 5.74) is 1.75. The number of methoxy groups -OCH3 is 2. The van der Waals surface area contributed by atoms with E-state index >= 15 is 0 Å². The minimum absolute atomic E-state index is 0.0931. The van der Waals surface area contributed by atoms with Crippen LogP contribution in [-0.4, -0.2) is 31.3 Å². The van der Waals surface area contributed by atoms with Gasteiger partial charge in [0.25, 0.3) is 0 Å². The fraction of sp³-hybridized carbons (Fsp3) is 0.125. The van der Waals surface area contributed by atoms with Gasteiger partial charge in [0.2, 0.25) is 0 Å². The first-order chi connectivity index (χ1) is 10.0. The zero-order valence-corrected chi connectivity index (χ0v) is 11.6. The number of esters is 2. The molecule has 0 unspecified atom stereocenters. The van der Waals surface area contributed by atoms with Crippen LogP contribution in [0.3, 0.4) is 0 Å². The van der Waals surface area contributed by atoms with E-state index in [1.54, 1.807) is 24.3 Å². The van der Waals surface area contributed by atoms with Crippen molar-refractivity contribution in [3.05, 3.63) is 53.6 Å². The average molecular weight is 286 g/mol. The summed E-state index contributed by atoms with van der Waals surface area (Å²) in [7, 11) is 2.53. The van der Waals surface area contributed by atoms with Gasteiger partial charge < -0.3 is 14.6 Å². The van der Waals surface area contributed by atoms with Crippen LogP contribution < -0.4 is 0 Å². The molecule has 2 aromatic carbocycles. The number of carbonyl (C=O) groups excluding carboxylic acids is 2. The quantitative estimate of drug-likeness (QED) is 0.878. The van der Waals surface area contributed by atoms with Crippen LogP contribution in [0.15, 0.2) is 42.5 Å². The molecule has 21 heavy (non-hydrogen) atoms. The Morgan fingerprint density at radius 2 is 1.43 bits per heavy atom. The Morgan fingerprint density at radius 1 is 0.857 bits per heavy atom. The van der Waals surface area contributed by atoms with E-state index in [1.807, 2.05) is 0 Å². The molecule has 0 atom stereocenters. The van der Waals surface area contributed by atoms with Crippen molar-refractivity contribution in [2.45, 2.75) is 0 Å². The first kappa shape index (κ1) is 14.6. The molecule has 0 aliphatic rings. The summed E-state index contributed by atoms with van der Waals surface area (Å²) >= 11 is 0. The number of benzene rings is 2. The maximum Gasteiger partial charge on any atom is 0.337 e. The summed E-state index contributed by atoms with van der Waals surface area (Å²) in [5.74, 6) is -1.01. The lowest BCUT2D eigenvalue weighted by Crippen LogP contribution is -2.07. The lowest BCUT2D eigenvalue weighted by molar-refractivity contribution is 0.0599. The van der Waals surface area contributed by atoms with Gasteiger partial charge in [-0.15, -0.1) is 0 Å². The van der Waals surface area contributed by atoms with Gasteiger partial charge in [0, 0.05) is 0 Å².